The minimum Gasteiger partial charge on any atom is -0.271 e. The fourth-order valence-electron chi connectivity index (χ4n) is 2.15. The molecule has 0 spiro atoms. The summed E-state index contributed by atoms with van der Waals surface area (Å²) in [6.07, 6.45) is 0.654. The Kier molecular flexibility index (Phi) is 5.16. The van der Waals surface area contributed by atoms with Gasteiger partial charge in [-0.1, -0.05) is 33.6 Å². The third-order valence-electron chi connectivity index (χ3n) is 3.26. The van der Waals surface area contributed by atoms with Crippen LogP contribution in [0.4, 0.5) is 4.39 Å². The number of aryl methyl sites for hydroxylation is 1. The van der Waals surface area contributed by atoms with Crippen LogP contribution in [-0.4, -0.2) is 0 Å². The lowest BCUT2D eigenvalue weighted by molar-refractivity contribution is 0.547. The number of nitrogens with two attached hydrogens (primary N) is 1. The molecule has 0 saturated heterocycles. The van der Waals surface area contributed by atoms with Crippen LogP contribution in [0.1, 0.15) is 22.7 Å². The van der Waals surface area contributed by atoms with Crippen molar-refractivity contribution in [3.63, 3.8) is 0 Å². The van der Waals surface area contributed by atoms with Crippen molar-refractivity contribution in [2.45, 2.75) is 19.4 Å². The molecule has 0 aliphatic heterocycles. The van der Waals surface area contributed by atoms with Crippen LogP contribution in [0.2, 0.25) is 5.02 Å². The molecule has 20 heavy (non-hydrogen) atoms. The van der Waals surface area contributed by atoms with Crippen molar-refractivity contribution in [2.75, 3.05) is 0 Å². The molecule has 0 aromatic heterocycles. The van der Waals surface area contributed by atoms with Gasteiger partial charge in [0, 0.05) is 9.50 Å². The molecule has 3 N–H and O–H groups in total. The first-order chi connectivity index (χ1) is 9.51. The van der Waals surface area contributed by atoms with E-state index >= 15 is 0 Å². The van der Waals surface area contributed by atoms with Crippen molar-refractivity contribution in [2.24, 2.45) is 5.84 Å². The van der Waals surface area contributed by atoms with Crippen LogP contribution in [0.15, 0.2) is 40.9 Å². The summed E-state index contributed by atoms with van der Waals surface area (Å²) in [5, 5.41) is 0.652. The van der Waals surface area contributed by atoms with Crippen LogP contribution in [0.3, 0.4) is 0 Å². The Hall–Kier alpha value is -0.940. The number of nitrogens with one attached hydrogen (secondary N) is 1. The van der Waals surface area contributed by atoms with E-state index in [4.69, 9.17) is 17.4 Å². The summed E-state index contributed by atoms with van der Waals surface area (Å²) in [5.74, 6) is 5.43. The highest BCUT2D eigenvalue weighted by atomic mass is 79.9. The normalized spacial score (nSPS) is 12.4. The van der Waals surface area contributed by atoms with Crippen LogP contribution in [0, 0.1) is 12.7 Å². The van der Waals surface area contributed by atoms with Crippen molar-refractivity contribution in [1.29, 1.82) is 0 Å². The van der Waals surface area contributed by atoms with Crippen molar-refractivity contribution < 1.29 is 4.39 Å². The second-order valence-corrected chi connectivity index (χ2v) is 5.95. The van der Waals surface area contributed by atoms with Gasteiger partial charge in [-0.2, -0.15) is 0 Å². The smallest absolute Gasteiger partial charge is 0.123 e. The summed E-state index contributed by atoms with van der Waals surface area (Å²) in [6.45, 7) is 1.89. The van der Waals surface area contributed by atoms with Gasteiger partial charge >= 0.3 is 0 Å². The zero-order valence-corrected chi connectivity index (χ0v) is 13.3. The maximum Gasteiger partial charge on any atom is 0.123 e. The van der Waals surface area contributed by atoms with Gasteiger partial charge < -0.3 is 0 Å². The van der Waals surface area contributed by atoms with E-state index in [0.29, 0.717) is 11.4 Å². The van der Waals surface area contributed by atoms with Gasteiger partial charge in [0.1, 0.15) is 5.82 Å². The van der Waals surface area contributed by atoms with Crippen LogP contribution >= 0.6 is 27.5 Å². The van der Waals surface area contributed by atoms with Crippen LogP contribution in [0.25, 0.3) is 0 Å². The Morgan fingerprint density at radius 2 is 2.05 bits per heavy atom. The SMILES string of the molecule is Cc1cc(F)ccc1CC(NN)c1cc(Cl)ccc1Br. The van der Waals surface area contributed by atoms with E-state index in [-0.39, 0.29) is 11.9 Å². The topological polar surface area (TPSA) is 38.0 Å². The Balaban J connectivity index is 2.31. The predicted octanol–water partition coefficient (Wildman–Crippen LogP) is 4.30. The molecule has 106 valence electrons. The molecule has 0 fully saturated rings. The zero-order valence-electron chi connectivity index (χ0n) is 11.0. The van der Waals surface area contributed by atoms with Gasteiger partial charge in [0.15, 0.2) is 0 Å². The van der Waals surface area contributed by atoms with Crippen molar-refractivity contribution in [3.05, 3.63) is 68.4 Å². The van der Waals surface area contributed by atoms with E-state index in [1.165, 1.54) is 12.1 Å². The fourth-order valence-corrected chi connectivity index (χ4v) is 2.85. The molecule has 2 aromatic carbocycles. The third kappa shape index (κ3) is 3.58. The quantitative estimate of drug-likeness (QED) is 0.632. The molecule has 2 nitrogen and oxygen atoms in total. The van der Waals surface area contributed by atoms with Gasteiger partial charge in [-0.3, -0.25) is 11.3 Å². The van der Waals surface area contributed by atoms with E-state index in [0.717, 1.165) is 21.2 Å². The van der Waals surface area contributed by atoms with E-state index in [9.17, 15) is 4.39 Å². The monoisotopic (exact) mass is 356 g/mol. The van der Waals surface area contributed by atoms with E-state index in [1.54, 1.807) is 6.07 Å². The Morgan fingerprint density at radius 1 is 1.30 bits per heavy atom. The highest BCUT2D eigenvalue weighted by Crippen LogP contribution is 2.29. The molecular weight excluding hydrogens is 343 g/mol. The molecule has 1 atom stereocenters. The number of rotatable bonds is 4. The van der Waals surface area contributed by atoms with Crippen molar-refractivity contribution in [1.82, 2.24) is 5.43 Å². The van der Waals surface area contributed by atoms with E-state index in [2.05, 4.69) is 21.4 Å². The molecule has 0 saturated carbocycles. The second-order valence-electron chi connectivity index (χ2n) is 4.66. The first kappa shape index (κ1) is 15.4. The van der Waals surface area contributed by atoms with Gasteiger partial charge in [0.25, 0.3) is 0 Å². The van der Waals surface area contributed by atoms with E-state index in [1.807, 2.05) is 25.1 Å². The molecule has 0 aliphatic rings. The second kappa shape index (κ2) is 6.68. The molecule has 2 aromatic rings. The maximum atomic E-state index is 13.1. The standard InChI is InChI=1S/C15H15BrClFN2/c1-9-6-12(18)4-2-10(9)7-15(20-19)13-8-11(17)3-5-14(13)16/h2-6,8,15,20H,7,19H2,1H3. The average molecular weight is 358 g/mol. The number of hydrazine groups is 1. The van der Waals surface area contributed by atoms with Gasteiger partial charge in [-0.25, -0.2) is 4.39 Å². The lowest BCUT2D eigenvalue weighted by atomic mass is 9.96. The summed E-state index contributed by atoms with van der Waals surface area (Å²) in [6, 6.07) is 10.2. The number of hydrogen-bond acceptors (Lipinski definition) is 2. The predicted molar refractivity (Wildman–Crippen MR) is 84.1 cm³/mol. The Morgan fingerprint density at radius 3 is 2.70 bits per heavy atom. The van der Waals surface area contributed by atoms with Crippen LogP contribution < -0.4 is 11.3 Å². The lowest BCUT2D eigenvalue weighted by Crippen LogP contribution is -2.30. The fraction of sp³-hybridized carbons (Fsp3) is 0.200. The van der Waals surface area contributed by atoms with E-state index < -0.39 is 0 Å². The van der Waals surface area contributed by atoms with Gasteiger partial charge in [-0.05, 0) is 60.4 Å². The van der Waals surface area contributed by atoms with Crippen LogP contribution in [-0.2, 0) is 6.42 Å². The maximum absolute atomic E-state index is 13.1. The molecule has 0 radical (unpaired) electrons. The third-order valence-corrected chi connectivity index (χ3v) is 4.22. The Bertz CT molecular complexity index is 619. The molecule has 1 unspecified atom stereocenters. The van der Waals surface area contributed by atoms with Gasteiger partial charge in [0.05, 0.1) is 6.04 Å². The summed E-state index contributed by atoms with van der Waals surface area (Å²) in [7, 11) is 0. The first-order valence-electron chi connectivity index (χ1n) is 6.17. The average Bonchev–Trinajstić information content (AvgIpc) is 2.41. The largest absolute Gasteiger partial charge is 0.271 e. The molecule has 0 heterocycles. The highest BCUT2D eigenvalue weighted by molar-refractivity contribution is 9.10. The molecule has 0 aliphatic carbocycles. The molecule has 2 rings (SSSR count). The summed E-state index contributed by atoms with van der Waals surface area (Å²) >= 11 is 9.54. The number of halogens is 3. The van der Waals surface area contributed by atoms with Crippen LogP contribution in [0.5, 0.6) is 0 Å². The molecule has 5 heteroatoms. The number of hydrogen-bond donors (Lipinski definition) is 2. The summed E-state index contributed by atoms with van der Waals surface area (Å²) in [5.41, 5.74) is 5.72. The summed E-state index contributed by atoms with van der Waals surface area (Å²) in [4.78, 5) is 0. The minimum absolute atomic E-state index is 0.104. The molecular formula is C15H15BrClFN2. The van der Waals surface area contributed by atoms with Crippen molar-refractivity contribution >= 4 is 27.5 Å². The molecule has 0 bridgehead atoms. The summed E-state index contributed by atoms with van der Waals surface area (Å²) < 4.78 is 14.1. The minimum atomic E-state index is -0.229. The first-order valence-corrected chi connectivity index (χ1v) is 7.34. The zero-order chi connectivity index (χ0) is 14.7. The highest BCUT2D eigenvalue weighted by Gasteiger charge is 2.15. The van der Waals surface area contributed by atoms with Gasteiger partial charge in [-0.15, -0.1) is 0 Å². The lowest BCUT2D eigenvalue weighted by Gasteiger charge is -2.19. The molecule has 0 amide bonds. The number of benzene rings is 2. The Labute approximate surface area is 131 Å². The van der Waals surface area contributed by atoms with Gasteiger partial charge in [0.2, 0.25) is 0 Å². The van der Waals surface area contributed by atoms with Crippen molar-refractivity contribution in [3.8, 4) is 0 Å².